The van der Waals surface area contributed by atoms with E-state index in [0.29, 0.717) is 6.54 Å². The normalized spacial score (nSPS) is 9.84. The third kappa shape index (κ3) is 3.04. The fourth-order valence-corrected chi connectivity index (χ4v) is 1.43. The Morgan fingerprint density at radius 1 is 1.47 bits per heavy atom. The second kappa shape index (κ2) is 5.59. The summed E-state index contributed by atoms with van der Waals surface area (Å²) in [5, 5.41) is 23.2. The third-order valence-electron chi connectivity index (χ3n) is 2.28. The highest BCUT2D eigenvalue weighted by atomic mass is 16.6. The predicted molar refractivity (Wildman–Crippen MR) is 63.3 cm³/mol. The topological polar surface area (TPSA) is 107 Å². The fraction of sp³-hybridized carbons (Fsp3) is 0.182. The van der Waals surface area contributed by atoms with Gasteiger partial charge in [0.1, 0.15) is 19.0 Å². The minimum Gasteiger partial charge on any atom is -0.485 e. The van der Waals surface area contributed by atoms with Crippen LogP contribution in [0.5, 0.6) is 5.75 Å². The smallest absolute Gasteiger partial charge is 0.310 e. The van der Waals surface area contributed by atoms with E-state index in [9.17, 15) is 10.1 Å². The molecule has 8 heteroatoms. The monoisotopic (exact) mass is 259 g/mol. The number of aromatic nitrogens is 3. The van der Waals surface area contributed by atoms with Crippen LogP contribution in [-0.2, 0) is 6.54 Å². The molecule has 0 aliphatic rings. The molecule has 96 valence electrons. The summed E-state index contributed by atoms with van der Waals surface area (Å²) in [7, 11) is 0. The van der Waals surface area contributed by atoms with Crippen molar-refractivity contribution in [1.29, 1.82) is 5.26 Å². The lowest BCUT2D eigenvalue weighted by Crippen LogP contribution is -2.09. The lowest BCUT2D eigenvalue weighted by Gasteiger charge is -2.05. The van der Waals surface area contributed by atoms with Gasteiger partial charge in [-0.3, -0.25) is 10.1 Å². The maximum atomic E-state index is 10.8. The van der Waals surface area contributed by atoms with Gasteiger partial charge >= 0.3 is 5.69 Å². The standard InChI is InChI=1S/C11H9N5O3/c12-7-11-13-8-15(14-11)5-6-19-10-4-2-1-3-9(10)16(17)18/h1-4,8H,5-6H2. The Bertz CT molecular complexity index is 631. The van der Waals surface area contributed by atoms with E-state index in [1.807, 2.05) is 0 Å². The summed E-state index contributed by atoms with van der Waals surface area (Å²) >= 11 is 0. The maximum absolute atomic E-state index is 10.8. The predicted octanol–water partition coefficient (Wildman–Crippen LogP) is 1.14. The first-order chi connectivity index (χ1) is 9.20. The molecule has 0 aliphatic carbocycles. The lowest BCUT2D eigenvalue weighted by molar-refractivity contribution is -0.385. The molecule has 0 saturated carbocycles. The van der Waals surface area contributed by atoms with Crippen LogP contribution in [0.25, 0.3) is 0 Å². The molecule has 0 N–H and O–H groups in total. The molecule has 0 unspecified atom stereocenters. The van der Waals surface area contributed by atoms with Crippen LogP contribution in [-0.4, -0.2) is 26.3 Å². The van der Waals surface area contributed by atoms with Gasteiger partial charge < -0.3 is 4.74 Å². The average Bonchev–Trinajstić information content (AvgIpc) is 2.87. The second-order valence-corrected chi connectivity index (χ2v) is 3.52. The molecular weight excluding hydrogens is 250 g/mol. The van der Waals surface area contributed by atoms with Gasteiger partial charge in [0.2, 0.25) is 0 Å². The average molecular weight is 259 g/mol. The highest BCUT2D eigenvalue weighted by molar-refractivity contribution is 5.45. The SMILES string of the molecule is N#Cc1ncn(CCOc2ccccc2[N+](=O)[O-])n1. The Balaban J connectivity index is 1.96. The van der Waals surface area contributed by atoms with E-state index in [1.165, 1.54) is 23.1 Å². The number of hydrogen-bond acceptors (Lipinski definition) is 6. The quantitative estimate of drug-likeness (QED) is 0.588. The highest BCUT2D eigenvalue weighted by Crippen LogP contribution is 2.25. The van der Waals surface area contributed by atoms with Gasteiger partial charge in [0.25, 0.3) is 5.82 Å². The summed E-state index contributed by atoms with van der Waals surface area (Å²) in [4.78, 5) is 14.0. The van der Waals surface area contributed by atoms with E-state index in [-0.39, 0.29) is 23.9 Å². The van der Waals surface area contributed by atoms with Gasteiger partial charge in [0.15, 0.2) is 5.75 Å². The number of hydrogen-bond donors (Lipinski definition) is 0. The molecule has 8 nitrogen and oxygen atoms in total. The van der Waals surface area contributed by atoms with Crippen LogP contribution in [0.2, 0.25) is 0 Å². The summed E-state index contributed by atoms with van der Waals surface area (Å²) in [6.07, 6.45) is 1.40. The van der Waals surface area contributed by atoms with E-state index in [2.05, 4.69) is 10.1 Å². The summed E-state index contributed by atoms with van der Waals surface area (Å²) in [6.45, 7) is 0.541. The van der Waals surface area contributed by atoms with Gasteiger partial charge in [-0.25, -0.2) is 9.67 Å². The number of nitriles is 1. The van der Waals surface area contributed by atoms with Crippen LogP contribution >= 0.6 is 0 Å². The number of rotatable bonds is 5. The van der Waals surface area contributed by atoms with Gasteiger partial charge in [-0.15, -0.1) is 5.10 Å². The van der Waals surface area contributed by atoms with E-state index in [1.54, 1.807) is 18.2 Å². The van der Waals surface area contributed by atoms with Crippen LogP contribution in [0.1, 0.15) is 5.82 Å². The van der Waals surface area contributed by atoms with E-state index < -0.39 is 4.92 Å². The molecule has 0 fully saturated rings. The number of ether oxygens (including phenoxy) is 1. The first kappa shape index (κ1) is 12.5. The van der Waals surface area contributed by atoms with Gasteiger partial charge in [-0.1, -0.05) is 12.1 Å². The molecular formula is C11H9N5O3. The van der Waals surface area contributed by atoms with E-state index >= 15 is 0 Å². The number of benzene rings is 1. The van der Waals surface area contributed by atoms with E-state index in [4.69, 9.17) is 10.00 Å². The zero-order valence-electron chi connectivity index (χ0n) is 9.76. The molecule has 1 heterocycles. The van der Waals surface area contributed by atoms with Gasteiger partial charge in [-0.2, -0.15) is 5.26 Å². The van der Waals surface area contributed by atoms with Crippen molar-refractivity contribution < 1.29 is 9.66 Å². The Kier molecular flexibility index (Phi) is 3.68. The fourth-order valence-electron chi connectivity index (χ4n) is 1.43. The Morgan fingerprint density at radius 3 is 2.95 bits per heavy atom. The zero-order chi connectivity index (χ0) is 13.7. The Morgan fingerprint density at radius 2 is 2.26 bits per heavy atom. The molecule has 2 aromatic rings. The van der Waals surface area contributed by atoms with Crippen LogP contribution in [0, 0.1) is 21.4 Å². The number of nitrogens with zero attached hydrogens (tertiary/aromatic N) is 5. The summed E-state index contributed by atoms with van der Waals surface area (Å²) < 4.78 is 6.77. The van der Waals surface area contributed by atoms with Gasteiger partial charge in [0, 0.05) is 6.07 Å². The molecule has 2 rings (SSSR count). The van der Waals surface area contributed by atoms with Gasteiger partial charge in [-0.05, 0) is 6.07 Å². The molecule has 0 saturated heterocycles. The molecule has 0 radical (unpaired) electrons. The van der Waals surface area contributed by atoms with Crippen molar-refractivity contribution in [2.45, 2.75) is 6.54 Å². The largest absolute Gasteiger partial charge is 0.485 e. The Hall–Kier alpha value is -2.95. The summed E-state index contributed by atoms with van der Waals surface area (Å²) in [5.41, 5.74) is -0.0844. The van der Waals surface area contributed by atoms with Crippen molar-refractivity contribution in [2.75, 3.05) is 6.61 Å². The summed E-state index contributed by atoms with van der Waals surface area (Å²) in [5.74, 6) is 0.277. The number of nitro benzene ring substituents is 1. The maximum Gasteiger partial charge on any atom is 0.310 e. The molecule has 0 amide bonds. The van der Waals surface area contributed by atoms with Crippen molar-refractivity contribution in [3.8, 4) is 11.8 Å². The van der Waals surface area contributed by atoms with Crippen molar-refractivity contribution >= 4 is 5.69 Å². The molecule has 1 aromatic carbocycles. The lowest BCUT2D eigenvalue weighted by atomic mass is 10.3. The minimum atomic E-state index is -0.501. The molecule has 0 spiro atoms. The van der Waals surface area contributed by atoms with Crippen molar-refractivity contribution in [3.63, 3.8) is 0 Å². The molecule has 0 aliphatic heterocycles. The zero-order valence-corrected chi connectivity index (χ0v) is 9.76. The second-order valence-electron chi connectivity index (χ2n) is 3.52. The van der Waals surface area contributed by atoms with Crippen LogP contribution in [0.4, 0.5) is 5.69 Å². The molecule has 19 heavy (non-hydrogen) atoms. The first-order valence-electron chi connectivity index (χ1n) is 5.36. The minimum absolute atomic E-state index is 0.0747. The third-order valence-corrected chi connectivity index (χ3v) is 2.28. The van der Waals surface area contributed by atoms with Crippen LogP contribution < -0.4 is 4.74 Å². The summed E-state index contributed by atoms with van der Waals surface area (Å²) in [6, 6.07) is 7.94. The van der Waals surface area contributed by atoms with Crippen LogP contribution in [0.3, 0.4) is 0 Å². The molecule has 0 bridgehead atoms. The highest BCUT2D eigenvalue weighted by Gasteiger charge is 2.13. The van der Waals surface area contributed by atoms with Crippen molar-refractivity contribution in [2.24, 2.45) is 0 Å². The first-order valence-corrected chi connectivity index (χ1v) is 5.36. The Labute approximate surface area is 108 Å². The molecule has 0 atom stereocenters. The number of nitro groups is 1. The van der Waals surface area contributed by atoms with Crippen molar-refractivity contribution in [1.82, 2.24) is 14.8 Å². The van der Waals surface area contributed by atoms with Crippen molar-refractivity contribution in [3.05, 3.63) is 46.5 Å². The van der Waals surface area contributed by atoms with Crippen LogP contribution in [0.15, 0.2) is 30.6 Å². The van der Waals surface area contributed by atoms with Gasteiger partial charge in [0.05, 0.1) is 11.5 Å². The van der Waals surface area contributed by atoms with E-state index in [0.717, 1.165) is 0 Å². The number of para-hydroxylation sites is 2. The molecule has 1 aromatic heterocycles.